The SMILES string of the molecule is O=C(Nc1ccccn1)N(c1ccccc1)C1CC1. The Kier molecular flexibility index (Phi) is 3.14. The van der Waals surface area contributed by atoms with Crippen molar-refractivity contribution in [2.45, 2.75) is 18.9 Å². The van der Waals surface area contributed by atoms with E-state index in [1.165, 1.54) is 0 Å². The second-order valence-electron chi connectivity index (χ2n) is 4.58. The summed E-state index contributed by atoms with van der Waals surface area (Å²) in [6.07, 6.45) is 3.79. The minimum atomic E-state index is -0.118. The predicted molar refractivity (Wildman–Crippen MR) is 75.2 cm³/mol. The van der Waals surface area contributed by atoms with Crippen molar-refractivity contribution in [2.24, 2.45) is 0 Å². The van der Waals surface area contributed by atoms with E-state index in [2.05, 4.69) is 10.3 Å². The van der Waals surface area contributed by atoms with Crippen LogP contribution >= 0.6 is 0 Å². The Labute approximate surface area is 112 Å². The molecule has 4 nitrogen and oxygen atoms in total. The number of pyridine rings is 1. The highest BCUT2D eigenvalue weighted by Crippen LogP contribution is 2.31. The maximum atomic E-state index is 12.4. The Morgan fingerprint density at radius 1 is 1.11 bits per heavy atom. The number of amides is 2. The number of para-hydroxylation sites is 1. The normalized spacial score (nSPS) is 13.9. The Morgan fingerprint density at radius 3 is 2.47 bits per heavy atom. The maximum absolute atomic E-state index is 12.4. The first-order valence-electron chi connectivity index (χ1n) is 6.41. The molecule has 1 aliphatic rings. The molecule has 1 aromatic heterocycles. The molecule has 1 heterocycles. The zero-order chi connectivity index (χ0) is 13.1. The van der Waals surface area contributed by atoms with Gasteiger partial charge in [-0.3, -0.25) is 10.2 Å². The molecule has 1 aromatic carbocycles. The molecule has 96 valence electrons. The number of nitrogens with one attached hydrogen (secondary N) is 1. The minimum absolute atomic E-state index is 0.118. The number of carbonyl (C=O) groups is 1. The van der Waals surface area contributed by atoms with Crippen LogP contribution in [0.15, 0.2) is 54.7 Å². The summed E-state index contributed by atoms with van der Waals surface area (Å²) in [5.41, 5.74) is 0.929. The molecule has 19 heavy (non-hydrogen) atoms. The third-order valence-corrected chi connectivity index (χ3v) is 3.07. The van der Waals surface area contributed by atoms with Gasteiger partial charge in [0.05, 0.1) is 0 Å². The Bertz CT molecular complexity index is 552. The lowest BCUT2D eigenvalue weighted by atomic mass is 10.3. The fourth-order valence-corrected chi connectivity index (χ4v) is 2.02. The van der Waals surface area contributed by atoms with Crippen molar-refractivity contribution in [1.29, 1.82) is 0 Å². The van der Waals surface area contributed by atoms with Crippen LogP contribution in [0, 0.1) is 0 Å². The Hall–Kier alpha value is -2.36. The fourth-order valence-electron chi connectivity index (χ4n) is 2.02. The number of urea groups is 1. The number of anilines is 2. The van der Waals surface area contributed by atoms with Crippen LogP contribution in [-0.4, -0.2) is 17.1 Å². The van der Waals surface area contributed by atoms with Gasteiger partial charge in [0.1, 0.15) is 5.82 Å². The van der Waals surface area contributed by atoms with Crippen molar-refractivity contribution < 1.29 is 4.79 Å². The molecule has 0 radical (unpaired) electrons. The van der Waals surface area contributed by atoms with E-state index in [4.69, 9.17) is 0 Å². The van der Waals surface area contributed by atoms with Gasteiger partial charge in [0, 0.05) is 17.9 Å². The summed E-state index contributed by atoms with van der Waals surface area (Å²) in [6, 6.07) is 15.4. The lowest BCUT2D eigenvalue weighted by molar-refractivity contribution is 0.256. The summed E-state index contributed by atoms with van der Waals surface area (Å²) in [4.78, 5) is 18.3. The Balaban J connectivity index is 1.79. The van der Waals surface area contributed by atoms with Crippen LogP contribution in [0.1, 0.15) is 12.8 Å². The second kappa shape index (κ2) is 5.10. The first kappa shape index (κ1) is 11.7. The second-order valence-corrected chi connectivity index (χ2v) is 4.58. The van der Waals surface area contributed by atoms with Gasteiger partial charge in [-0.1, -0.05) is 24.3 Å². The monoisotopic (exact) mass is 253 g/mol. The summed E-state index contributed by atoms with van der Waals surface area (Å²) in [5, 5.41) is 2.84. The van der Waals surface area contributed by atoms with Crippen LogP contribution < -0.4 is 10.2 Å². The van der Waals surface area contributed by atoms with Crippen molar-refractivity contribution in [3.8, 4) is 0 Å². The standard InChI is InChI=1S/C15H15N3O/c19-15(17-14-8-4-5-11-16-14)18(13-9-10-13)12-6-2-1-3-7-12/h1-8,11,13H,9-10H2,(H,16,17,19). The lowest BCUT2D eigenvalue weighted by Crippen LogP contribution is -2.37. The lowest BCUT2D eigenvalue weighted by Gasteiger charge is -2.22. The highest BCUT2D eigenvalue weighted by Gasteiger charge is 2.33. The third kappa shape index (κ3) is 2.73. The predicted octanol–water partition coefficient (Wildman–Crippen LogP) is 3.28. The first-order valence-corrected chi connectivity index (χ1v) is 6.41. The molecule has 0 unspecified atom stereocenters. The number of rotatable bonds is 3. The molecule has 1 saturated carbocycles. The van der Waals surface area contributed by atoms with E-state index in [9.17, 15) is 4.79 Å². The molecule has 0 atom stereocenters. The van der Waals surface area contributed by atoms with Gasteiger partial charge in [-0.2, -0.15) is 0 Å². The minimum Gasteiger partial charge on any atom is -0.292 e. The van der Waals surface area contributed by atoms with E-state index in [1.807, 2.05) is 47.4 Å². The number of carbonyl (C=O) groups excluding carboxylic acids is 1. The topological polar surface area (TPSA) is 45.2 Å². The van der Waals surface area contributed by atoms with Gasteiger partial charge in [0.2, 0.25) is 0 Å². The van der Waals surface area contributed by atoms with Crippen LogP contribution in [0.3, 0.4) is 0 Å². The highest BCUT2D eigenvalue weighted by atomic mass is 16.2. The van der Waals surface area contributed by atoms with Crippen LogP contribution in [0.2, 0.25) is 0 Å². The zero-order valence-electron chi connectivity index (χ0n) is 10.5. The van der Waals surface area contributed by atoms with Crippen LogP contribution in [0.25, 0.3) is 0 Å². The van der Waals surface area contributed by atoms with Crippen molar-refractivity contribution in [1.82, 2.24) is 4.98 Å². The van der Waals surface area contributed by atoms with Gasteiger partial charge in [0.25, 0.3) is 0 Å². The van der Waals surface area contributed by atoms with Gasteiger partial charge < -0.3 is 0 Å². The van der Waals surface area contributed by atoms with Crippen LogP contribution in [-0.2, 0) is 0 Å². The van der Waals surface area contributed by atoms with Crippen LogP contribution in [0.5, 0.6) is 0 Å². The number of aromatic nitrogens is 1. The molecule has 1 aliphatic carbocycles. The fraction of sp³-hybridized carbons (Fsp3) is 0.200. The molecule has 4 heteroatoms. The molecule has 2 amide bonds. The summed E-state index contributed by atoms with van der Waals surface area (Å²) >= 11 is 0. The molecule has 0 spiro atoms. The van der Waals surface area contributed by atoms with Gasteiger partial charge in [-0.15, -0.1) is 0 Å². The average molecular weight is 253 g/mol. The smallest absolute Gasteiger partial charge is 0.292 e. The van der Waals surface area contributed by atoms with Crippen molar-refractivity contribution in [3.05, 3.63) is 54.7 Å². The van der Waals surface area contributed by atoms with Crippen LogP contribution in [0.4, 0.5) is 16.3 Å². The Morgan fingerprint density at radius 2 is 1.84 bits per heavy atom. The highest BCUT2D eigenvalue weighted by molar-refractivity contribution is 6.02. The molecular formula is C15H15N3O. The van der Waals surface area contributed by atoms with Crippen molar-refractivity contribution >= 4 is 17.5 Å². The quantitative estimate of drug-likeness (QED) is 0.912. The van der Waals surface area contributed by atoms with E-state index < -0.39 is 0 Å². The van der Waals surface area contributed by atoms with E-state index in [0.29, 0.717) is 11.9 Å². The number of benzene rings is 1. The number of hydrogen-bond acceptors (Lipinski definition) is 2. The van der Waals surface area contributed by atoms with Gasteiger partial charge in [-0.25, -0.2) is 9.78 Å². The van der Waals surface area contributed by atoms with E-state index in [-0.39, 0.29) is 6.03 Å². The number of nitrogens with zero attached hydrogens (tertiary/aromatic N) is 2. The molecular weight excluding hydrogens is 238 g/mol. The average Bonchev–Trinajstić information content (AvgIpc) is 3.26. The zero-order valence-corrected chi connectivity index (χ0v) is 10.5. The maximum Gasteiger partial charge on any atom is 0.327 e. The van der Waals surface area contributed by atoms with Gasteiger partial charge in [-0.05, 0) is 37.1 Å². The molecule has 2 aromatic rings. The van der Waals surface area contributed by atoms with Gasteiger partial charge >= 0.3 is 6.03 Å². The van der Waals surface area contributed by atoms with Crippen molar-refractivity contribution in [2.75, 3.05) is 10.2 Å². The summed E-state index contributed by atoms with van der Waals surface area (Å²) < 4.78 is 0. The van der Waals surface area contributed by atoms with E-state index in [0.717, 1.165) is 18.5 Å². The van der Waals surface area contributed by atoms with E-state index >= 15 is 0 Å². The third-order valence-electron chi connectivity index (χ3n) is 3.07. The summed E-state index contributed by atoms with van der Waals surface area (Å²) in [5.74, 6) is 0.578. The summed E-state index contributed by atoms with van der Waals surface area (Å²) in [6.45, 7) is 0. The molecule has 0 bridgehead atoms. The van der Waals surface area contributed by atoms with Crippen molar-refractivity contribution in [3.63, 3.8) is 0 Å². The van der Waals surface area contributed by atoms with Gasteiger partial charge in [0.15, 0.2) is 0 Å². The molecule has 0 saturated heterocycles. The summed E-state index contributed by atoms with van der Waals surface area (Å²) in [7, 11) is 0. The largest absolute Gasteiger partial charge is 0.327 e. The molecule has 3 rings (SSSR count). The molecule has 0 aliphatic heterocycles. The van der Waals surface area contributed by atoms with E-state index in [1.54, 1.807) is 12.3 Å². The first-order chi connectivity index (χ1) is 9.34. The number of hydrogen-bond donors (Lipinski definition) is 1. The molecule has 1 N–H and O–H groups in total. The molecule has 1 fully saturated rings.